The number of methoxy groups -OCH3 is 2. The Morgan fingerprint density at radius 3 is 2.57 bits per heavy atom. The molecule has 0 aromatic heterocycles. The number of anilines is 1. The van der Waals surface area contributed by atoms with E-state index < -0.39 is 28.1 Å². The van der Waals surface area contributed by atoms with Crippen LogP contribution < -0.4 is 5.32 Å². The van der Waals surface area contributed by atoms with Crippen LogP contribution >= 0.6 is 0 Å². The molecule has 1 atom stereocenters. The third kappa shape index (κ3) is 3.45. The predicted molar refractivity (Wildman–Crippen MR) is 81.4 cm³/mol. The maximum absolute atomic E-state index is 12.9. The van der Waals surface area contributed by atoms with Crippen molar-refractivity contribution in [3.8, 4) is 0 Å². The van der Waals surface area contributed by atoms with Crippen molar-refractivity contribution in [2.24, 2.45) is 0 Å². The molecule has 0 bridgehead atoms. The standard InChI is InChI=1S/C14H18N2O6S/c1-21-13(17)11-7-5-9-16(11)23(19,20)12-8-4-3-6-10(12)15-14(18)22-2/h3-4,6,8,11H,5,7,9H2,1-2H3,(H,15,18). The highest BCUT2D eigenvalue weighted by molar-refractivity contribution is 7.89. The summed E-state index contributed by atoms with van der Waals surface area (Å²) in [5.41, 5.74) is 0.0925. The van der Waals surface area contributed by atoms with Gasteiger partial charge in [-0.25, -0.2) is 13.2 Å². The van der Waals surface area contributed by atoms with Crippen molar-refractivity contribution in [2.75, 3.05) is 26.1 Å². The first kappa shape index (κ1) is 17.2. The minimum absolute atomic E-state index is 0.0925. The van der Waals surface area contributed by atoms with Gasteiger partial charge in [0.1, 0.15) is 10.9 Å². The average molecular weight is 342 g/mol. The number of hydrogen-bond acceptors (Lipinski definition) is 6. The van der Waals surface area contributed by atoms with Gasteiger partial charge in [0.15, 0.2) is 0 Å². The van der Waals surface area contributed by atoms with Crippen LogP contribution in [0.15, 0.2) is 29.2 Å². The summed E-state index contributed by atoms with van der Waals surface area (Å²) >= 11 is 0. The predicted octanol–water partition coefficient (Wildman–Crippen LogP) is 1.19. The van der Waals surface area contributed by atoms with Crippen LogP contribution in [0.2, 0.25) is 0 Å². The first-order valence-electron chi connectivity index (χ1n) is 6.95. The number of nitrogens with zero attached hydrogens (tertiary/aromatic N) is 1. The summed E-state index contributed by atoms with van der Waals surface area (Å²) in [4.78, 5) is 23.1. The van der Waals surface area contributed by atoms with Gasteiger partial charge in [-0.1, -0.05) is 12.1 Å². The average Bonchev–Trinajstić information content (AvgIpc) is 3.04. The number of nitrogens with one attached hydrogen (secondary N) is 1. The SMILES string of the molecule is COC(=O)Nc1ccccc1S(=O)(=O)N1CCCC1C(=O)OC. The van der Waals surface area contributed by atoms with Gasteiger partial charge < -0.3 is 9.47 Å². The number of carbonyl (C=O) groups excluding carboxylic acids is 2. The summed E-state index contributed by atoms with van der Waals surface area (Å²) in [6.45, 7) is 0.217. The zero-order valence-corrected chi connectivity index (χ0v) is 13.6. The Bertz CT molecular complexity index is 703. The first-order chi connectivity index (χ1) is 10.9. The van der Waals surface area contributed by atoms with Gasteiger partial charge in [0.25, 0.3) is 0 Å². The molecule has 1 amide bonds. The third-order valence-electron chi connectivity index (χ3n) is 3.57. The summed E-state index contributed by atoms with van der Waals surface area (Å²) < 4.78 is 36.0. The van der Waals surface area contributed by atoms with Crippen LogP contribution in [0.1, 0.15) is 12.8 Å². The highest BCUT2D eigenvalue weighted by atomic mass is 32.2. The number of sulfonamides is 1. The van der Waals surface area contributed by atoms with Crippen LogP contribution in [-0.2, 0) is 24.3 Å². The molecule has 1 unspecified atom stereocenters. The van der Waals surface area contributed by atoms with Gasteiger partial charge in [-0.15, -0.1) is 0 Å². The zero-order chi connectivity index (χ0) is 17.0. The Morgan fingerprint density at radius 2 is 1.91 bits per heavy atom. The summed E-state index contributed by atoms with van der Waals surface area (Å²) in [5.74, 6) is -0.593. The minimum atomic E-state index is -3.97. The molecule has 1 heterocycles. The van der Waals surface area contributed by atoms with Gasteiger partial charge >= 0.3 is 12.1 Å². The number of rotatable bonds is 4. The van der Waals surface area contributed by atoms with E-state index in [1.807, 2.05) is 0 Å². The van der Waals surface area contributed by atoms with Crippen LogP contribution in [0.4, 0.5) is 10.5 Å². The molecule has 1 aliphatic heterocycles. The molecule has 1 fully saturated rings. The van der Waals surface area contributed by atoms with Crippen LogP contribution in [0, 0.1) is 0 Å². The van der Waals surface area contributed by atoms with Crippen LogP contribution in [-0.4, -0.2) is 51.6 Å². The van der Waals surface area contributed by atoms with Crippen molar-refractivity contribution >= 4 is 27.8 Å². The summed E-state index contributed by atoms with van der Waals surface area (Å²) in [5, 5.41) is 2.36. The van der Waals surface area contributed by atoms with Crippen molar-refractivity contribution < 1.29 is 27.5 Å². The number of ether oxygens (including phenoxy) is 2. The molecule has 1 aromatic carbocycles. The quantitative estimate of drug-likeness (QED) is 0.825. The summed E-state index contributed by atoms with van der Waals surface area (Å²) in [6, 6.07) is 5.10. The molecule has 1 saturated heterocycles. The second kappa shape index (κ2) is 6.97. The van der Waals surface area contributed by atoms with Crippen molar-refractivity contribution in [3.05, 3.63) is 24.3 Å². The van der Waals surface area contributed by atoms with Crippen molar-refractivity contribution in [1.82, 2.24) is 4.31 Å². The Hall–Kier alpha value is -2.13. The molecule has 23 heavy (non-hydrogen) atoms. The molecule has 9 heteroatoms. The number of para-hydroxylation sites is 1. The number of amides is 1. The van der Waals surface area contributed by atoms with E-state index in [1.165, 1.54) is 26.4 Å². The number of hydrogen-bond donors (Lipinski definition) is 1. The number of esters is 1. The zero-order valence-electron chi connectivity index (χ0n) is 12.8. The van der Waals surface area contributed by atoms with Crippen molar-refractivity contribution in [3.63, 3.8) is 0 Å². The lowest BCUT2D eigenvalue weighted by molar-refractivity contribution is -0.144. The molecule has 0 spiro atoms. The maximum Gasteiger partial charge on any atom is 0.411 e. The van der Waals surface area contributed by atoms with Gasteiger partial charge in [0, 0.05) is 6.54 Å². The number of benzene rings is 1. The molecule has 8 nitrogen and oxygen atoms in total. The van der Waals surface area contributed by atoms with E-state index in [-0.39, 0.29) is 17.1 Å². The summed E-state index contributed by atoms with van der Waals surface area (Å²) in [6.07, 6.45) is 0.183. The van der Waals surface area contributed by atoms with E-state index in [0.717, 1.165) is 4.31 Å². The second-order valence-electron chi connectivity index (χ2n) is 4.91. The van der Waals surface area contributed by atoms with E-state index in [9.17, 15) is 18.0 Å². The molecular weight excluding hydrogens is 324 g/mol. The van der Waals surface area contributed by atoms with Crippen molar-refractivity contribution in [1.29, 1.82) is 0 Å². The first-order valence-corrected chi connectivity index (χ1v) is 8.39. The van der Waals surface area contributed by atoms with Gasteiger partial charge in [0.2, 0.25) is 10.0 Å². The fourth-order valence-electron chi connectivity index (χ4n) is 2.48. The van der Waals surface area contributed by atoms with E-state index in [2.05, 4.69) is 14.8 Å². The molecule has 0 saturated carbocycles. The monoisotopic (exact) mass is 342 g/mol. The lowest BCUT2D eigenvalue weighted by atomic mass is 10.2. The fourth-order valence-corrected chi connectivity index (χ4v) is 4.28. The highest BCUT2D eigenvalue weighted by Crippen LogP contribution is 2.30. The van der Waals surface area contributed by atoms with E-state index >= 15 is 0 Å². The molecule has 2 rings (SSSR count). The smallest absolute Gasteiger partial charge is 0.411 e. The minimum Gasteiger partial charge on any atom is -0.468 e. The molecule has 0 radical (unpaired) electrons. The number of carbonyl (C=O) groups is 2. The Morgan fingerprint density at radius 1 is 1.22 bits per heavy atom. The molecule has 1 aliphatic rings. The van der Waals surface area contributed by atoms with Gasteiger partial charge in [-0.3, -0.25) is 10.1 Å². The van der Waals surface area contributed by atoms with Gasteiger partial charge in [0.05, 0.1) is 19.9 Å². The maximum atomic E-state index is 12.9. The third-order valence-corrected chi connectivity index (χ3v) is 5.54. The van der Waals surface area contributed by atoms with Crippen LogP contribution in [0.5, 0.6) is 0 Å². The largest absolute Gasteiger partial charge is 0.468 e. The topological polar surface area (TPSA) is 102 Å². The highest BCUT2D eigenvalue weighted by Gasteiger charge is 2.41. The van der Waals surface area contributed by atoms with Gasteiger partial charge in [-0.05, 0) is 25.0 Å². The normalized spacial score (nSPS) is 18.4. The van der Waals surface area contributed by atoms with Crippen LogP contribution in [0.3, 0.4) is 0 Å². The van der Waals surface area contributed by atoms with Gasteiger partial charge in [-0.2, -0.15) is 4.31 Å². The molecule has 126 valence electrons. The Labute approximate surface area is 134 Å². The Balaban J connectivity index is 2.40. The van der Waals surface area contributed by atoms with E-state index in [4.69, 9.17) is 0 Å². The molecular formula is C14H18N2O6S. The molecule has 0 aliphatic carbocycles. The molecule has 1 N–H and O–H groups in total. The second-order valence-corrected chi connectivity index (χ2v) is 6.77. The Kier molecular flexibility index (Phi) is 5.22. The van der Waals surface area contributed by atoms with Crippen molar-refractivity contribution in [2.45, 2.75) is 23.8 Å². The summed E-state index contributed by atoms with van der Waals surface area (Å²) in [7, 11) is -1.56. The lowest BCUT2D eigenvalue weighted by Crippen LogP contribution is -2.41. The van der Waals surface area contributed by atoms with Crippen LogP contribution in [0.25, 0.3) is 0 Å². The lowest BCUT2D eigenvalue weighted by Gasteiger charge is -2.23. The molecule has 1 aromatic rings. The van der Waals surface area contributed by atoms with E-state index in [0.29, 0.717) is 12.8 Å². The fraction of sp³-hybridized carbons (Fsp3) is 0.429. The van der Waals surface area contributed by atoms with E-state index in [1.54, 1.807) is 12.1 Å².